The summed E-state index contributed by atoms with van der Waals surface area (Å²) in [7, 11) is 1.59. The maximum absolute atomic E-state index is 14.1. The Hall–Kier alpha value is -2.64. The van der Waals surface area contributed by atoms with E-state index in [0.29, 0.717) is 31.9 Å². The third-order valence-electron chi connectivity index (χ3n) is 4.92. The van der Waals surface area contributed by atoms with Gasteiger partial charge in [0.15, 0.2) is 0 Å². The lowest BCUT2D eigenvalue weighted by Gasteiger charge is -2.27. The number of carbonyl (C=O) groups excluding carboxylic acids is 1. The summed E-state index contributed by atoms with van der Waals surface area (Å²) in [6.07, 6.45) is 1.54. The van der Waals surface area contributed by atoms with Crippen LogP contribution in [0.2, 0.25) is 5.02 Å². The van der Waals surface area contributed by atoms with E-state index in [2.05, 4.69) is 20.9 Å². The third kappa shape index (κ3) is 3.45. The van der Waals surface area contributed by atoms with Gasteiger partial charge >= 0.3 is 0 Å². The quantitative estimate of drug-likeness (QED) is 0.577. The first-order valence-electron chi connectivity index (χ1n) is 8.73. The van der Waals surface area contributed by atoms with Crippen molar-refractivity contribution in [1.82, 2.24) is 9.88 Å². The molecule has 1 aromatic heterocycles. The number of fused-ring (bicyclic) bond motifs is 1. The van der Waals surface area contributed by atoms with Gasteiger partial charge in [0.05, 0.1) is 18.7 Å². The van der Waals surface area contributed by atoms with Crippen molar-refractivity contribution in [3.63, 3.8) is 0 Å². The van der Waals surface area contributed by atoms with Gasteiger partial charge in [-0.05, 0) is 51.8 Å². The van der Waals surface area contributed by atoms with Crippen LogP contribution < -0.4 is 10.5 Å². The molecule has 0 aliphatic carbocycles. The van der Waals surface area contributed by atoms with Crippen LogP contribution in [0.3, 0.4) is 0 Å². The second-order valence-electron chi connectivity index (χ2n) is 6.63. The number of nitrogens with zero attached hydrogens (tertiary/aromatic N) is 2. The highest BCUT2D eigenvalue weighted by atomic mass is 79.9. The minimum absolute atomic E-state index is 0.128. The van der Waals surface area contributed by atoms with E-state index < -0.39 is 11.9 Å². The summed E-state index contributed by atoms with van der Waals surface area (Å²) in [6, 6.07) is 10.9. The highest BCUT2D eigenvalue weighted by Crippen LogP contribution is 2.46. The number of hydrogen-bond acceptors (Lipinski definition) is 4. The van der Waals surface area contributed by atoms with Crippen LogP contribution in [0.4, 0.5) is 10.2 Å². The summed E-state index contributed by atoms with van der Waals surface area (Å²) >= 11 is 9.88. The lowest BCUT2D eigenvalue weighted by atomic mass is 9.98. The molecule has 0 bridgehead atoms. The smallest absolute Gasteiger partial charge is 0.259 e. The van der Waals surface area contributed by atoms with Crippen LogP contribution in [0.1, 0.15) is 33.1 Å². The van der Waals surface area contributed by atoms with E-state index in [1.54, 1.807) is 18.2 Å². The summed E-state index contributed by atoms with van der Waals surface area (Å²) < 4.78 is 19.9. The molecule has 1 amide bonds. The molecule has 2 aromatic carbocycles. The SMILES string of the molecule is COc1ccc(CN2C(=O)c3c(N)ncc(Br)c3C2c2cc(F)ccc2Cl)cc1. The van der Waals surface area contributed by atoms with E-state index in [-0.39, 0.29) is 18.3 Å². The molecule has 1 aliphatic heterocycles. The Kier molecular flexibility index (Phi) is 5.19. The first-order valence-corrected chi connectivity index (χ1v) is 9.90. The Morgan fingerprint density at radius 3 is 2.69 bits per heavy atom. The summed E-state index contributed by atoms with van der Waals surface area (Å²) in [4.78, 5) is 19.0. The fourth-order valence-electron chi connectivity index (χ4n) is 3.56. The van der Waals surface area contributed by atoms with Gasteiger partial charge in [0, 0.05) is 33.4 Å². The Bertz CT molecular complexity index is 1110. The average molecular weight is 477 g/mol. The predicted molar refractivity (Wildman–Crippen MR) is 112 cm³/mol. The van der Waals surface area contributed by atoms with Crippen LogP contribution in [0.15, 0.2) is 53.1 Å². The van der Waals surface area contributed by atoms with Crippen molar-refractivity contribution in [2.75, 3.05) is 12.8 Å². The molecule has 3 aromatic rings. The molecular weight excluding hydrogens is 461 g/mol. The standard InChI is InChI=1S/C21H16BrClFN3O2/c1-29-13-5-2-11(3-6-13)10-27-19(14-8-12(24)4-7-16(14)23)17-15(22)9-26-20(25)18(17)21(27)28/h2-9,19H,10H2,1H3,(H2,25,26). The van der Waals surface area contributed by atoms with E-state index in [0.717, 1.165) is 5.56 Å². The molecule has 2 heterocycles. The van der Waals surface area contributed by atoms with Crippen LogP contribution in [0.5, 0.6) is 5.75 Å². The number of pyridine rings is 1. The lowest BCUT2D eigenvalue weighted by molar-refractivity contribution is 0.0736. The number of aromatic nitrogens is 1. The van der Waals surface area contributed by atoms with Crippen LogP contribution >= 0.6 is 27.5 Å². The van der Waals surface area contributed by atoms with E-state index >= 15 is 0 Å². The zero-order chi connectivity index (χ0) is 20.7. The molecule has 8 heteroatoms. The molecule has 1 aliphatic rings. The van der Waals surface area contributed by atoms with E-state index in [1.165, 1.54) is 18.2 Å². The highest BCUT2D eigenvalue weighted by molar-refractivity contribution is 9.10. The topological polar surface area (TPSA) is 68.5 Å². The van der Waals surface area contributed by atoms with Crippen molar-refractivity contribution in [3.8, 4) is 5.75 Å². The molecule has 0 saturated carbocycles. The number of rotatable bonds is 4. The van der Waals surface area contributed by atoms with E-state index in [9.17, 15) is 9.18 Å². The fraction of sp³-hybridized carbons (Fsp3) is 0.143. The van der Waals surface area contributed by atoms with Crippen LogP contribution in [0.25, 0.3) is 0 Å². The molecular formula is C21H16BrClFN3O2. The Morgan fingerprint density at radius 2 is 2.00 bits per heavy atom. The van der Waals surface area contributed by atoms with Gasteiger partial charge in [0.25, 0.3) is 5.91 Å². The zero-order valence-corrected chi connectivity index (χ0v) is 17.7. The van der Waals surface area contributed by atoms with Gasteiger partial charge in [0.1, 0.15) is 17.4 Å². The van der Waals surface area contributed by atoms with Crippen molar-refractivity contribution >= 4 is 39.3 Å². The molecule has 1 atom stereocenters. The normalized spacial score (nSPS) is 15.5. The van der Waals surface area contributed by atoms with Crippen LogP contribution in [-0.4, -0.2) is 22.9 Å². The molecule has 4 rings (SSSR count). The van der Waals surface area contributed by atoms with Crippen LogP contribution in [-0.2, 0) is 6.54 Å². The number of carbonyl (C=O) groups is 1. The van der Waals surface area contributed by atoms with Crippen molar-refractivity contribution < 1.29 is 13.9 Å². The largest absolute Gasteiger partial charge is 0.497 e. The molecule has 29 heavy (non-hydrogen) atoms. The molecule has 0 fully saturated rings. The summed E-state index contributed by atoms with van der Waals surface area (Å²) in [5.74, 6) is 0.119. The zero-order valence-electron chi connectivity index (χ0n) is 15.3. The molecule has 0 radical (unpaired) electrons. The molecule has 2 N–H and O–H groups in total. The average Bonchev–Trinajstić information content (AvgIpc) is 3.01. The molecule has 0 spiro atoms. The summed E-state index contributed by atoms with van der Waals surface area (Å²) in [5.41, 5.74) is 8.33. The fourth-order valence-corrected chi connectivity index (χ4v) is 4.30. The van der Waals surface area contributed by atoms with Gasteiger partial charge in [-0.3, -0.25) is 4.79 Å². The Labute approximate surface area is 180 Å². The van der Waals surface area contributed by atoms with Gasteiger partial charge in [-0.15, -0.1) is 0 Å². The van der Waals surface area contributed by atoms with Crippen molar-refractivity contribution in [2.24, 2.45) is 0 Å². The maximum atomic E-state index is 14.1. The number of methoxy groups -OCH3 is 1. The first-order chi connectivity index (χ1) is 13.9. The minimum atomic E-state index is -0.609. The monoisotopic (exact) mass is 475 g/mol. The van der Waals surface area contributed by atoms with Gasteiger partial charge in [-0.1, -0.05) is 23.7 Å². The van der Waals surface area contributed by atoms with E-state index in [1.807, 2.05) is 24.3 Å². The lowest BCUT2D eigenvalue weighted by Crippen LogP contribution is -2.28. The Morgan fingerprint density at radius 1 is 1.28 bits per heavy atom. The predicted octanol–water partition coefficient (Wildman–Crippen LogP) is 4.97. The number of halogens is 3. The van der Waals surface area contributed by atoms with Crippen molar-refractivity contribution in [1.29, 1.82) is 0 Å². The van der Waals surface area contributed by atoms with Gasteiger partial charge < -0.3 is 15.4 Å². The third-order valence-corrected chi connectivity index (χ3v) is 5.90. The second kappa shape index (κ2) is 7.65. The Balaban J connectivity index is 1.86. The number of ether oxygens (including phenoxy) is 1. The highest BCUT2D eigenvalue weighted by Gasteiger charge is 2.42. The second-order valence-corrected chi connectivity index (χ2v) is 7.89. The number of anilines is 1. The summed E-state index contributed by atoms with van der Waals surface area (Å²) in [5, 5.41) is 0.360. The number of amides is 1. The minimum Gasteiger partial charge on any atom is -0.497 e. The molecule has 0 saturated heterocycles. The number of nitrogens with two attached hydrogens (primary N) is 1. The first kappa shape index (κ1) is 19.7. The maximum Gasteiger partial charge on any atom is 0.259 e. The molecule has 5 nitrogen and oxygen atoms in total. The van der Waals surface area contributed by atoms with Gasteiger partial charge in [-0.25, -0.2) is 9.37 Å². The summed E-state index contributed by atoms with van der Waals surface area (Å²) in [6.45, 7) is 0.279. The molecule has 1 unspecified atom stereocenters. The van der Waals surface area contributed by atoms with E-state index in [4.69, 9.17) is 22.1 Å². The molecule has 148 valence electrons. The van der Waals surface area contributed by atoms with Crippen molar-refractivity contribution in [2.45, 2.75) is 12.6 Å². The number of nitrogen functional groups attached to an aromatic ring is 1. The van der Waals surface area contributed by atoms with Crippen molar-refractivity contribution in [3.05, 3.63) is 86.2 Å². The van der Waals surface area contributed by atoms with Gasteiger partial charge in [-0.2, -0.15) is 0 Å². The number of hydrogen-bond donors (Lipinski definition) is 1. The van der Waals surface area contributed by atoms with Crippen LogP contribution in [0, 0.1) is 5.82 Å². The van der Waals surface area contributed by atoms with Gasteiger partial charge in [0.2, 0.25) is 0 Å². The number of benzene rings is 2.